The van der Waals surface area contributed by atoms with E-state index in [9.17, 15) is 4.79 Å². The molecule has 2 saturated heterocycles. The molecule has 1 spiro atoms. The fraction of sp³-hybridized carbons (Fsp3) is 0.450. The molecule has 2 aromatic rings. The van der Waals surface area contributed by atoms with Crippen molar-refractivity contribution in [2.45, 2.75) is 37.8 Å². The summed E-state index contributed by atoms with van der Waals surface area (Å²) in [4.78, 5) is 18.7. The number of nitrogens with zero attached hydrogens (tertiary/aromatic N) is 3. The van der Waals surface area contributed by atoms with Crippen LogP contribution in [0.4, 0.5) is 0 Å². The first kappa shape index (κ1) is 17.7. The lowest BCUT2D eigenvalue weighted by atomic mass is 9.61. The van der Waals surface area contributed by atoms with E-state index in [1.807, 2.05) is 19.1 Å². The van der Waals surface area contributed by atoms with E-state index in [0.29, 0.717) is 17.2 Å². The Labute approximate surface area is 158 Å². The summed E-state index contributed by atoms with van der Waals surface area (Å²) in [6, 6.07) is 0.282. The summed E-state index contributed by atoms with van der Waals surface area (Å²) < 4.78 is 4.47. The van der Waals surface area contributed by atoms with E-state index in [1.165, 1.54) is 38.5 Å². The van der Waals surface area contributed by atoms with E-state index in [2.05, 4.69) is 36.4 Å². The number of amides is 1. The van der Waals surface area contributed by atoms with Crippen molar-refractivity contribution in [2.75, 3.05) is 13.1 Å². The minimum absolute atomic E-state index is 0.0478. The van der Waals surface area contributed by atoms with Gasteiger partial charge in [-0.2, -0.15) is 5.10 Å². The van der Waals surface area contributed by atoms with Crippen LogP contribution >= 0.6 is 0 Å². The number of aromatic nitrogens is 3. The Hall–Kier alpha value is -2.67. The highest BCUT2D eigenvalue weighted by Crippen LogP contribution is 2.57. The van der Waals surface area contributed by atoms with Crippen LogP contribution in [0, 0.1) is 5.92 Å². The van der Waals surface area contributed by atoms with Gasteiger partial charge >= 0.3 is 0 Å². The Morgan fingerprint density at radius 2 is 2.41 bits per heavy atom. The van der Waals surface area contributed by atoms with E-state index in [4.69, 9.17) is 0 Å². The quantitative estimate of drug-likeness (QED) is 0.811. The normalized spacial score (nSPS) is 28.3. The summed E-state index contributed by atoms with van der Waals surface area (Å²) in [6.07, 6.45) is 13.8. The highest BCUT2D eigenvalue weighted by molar-refractivity contribution is 5.96. The third-order valence-electron chi connectivity index (χ3n) is 6.03. The summed E-state index contributed by atoms with van der Waals surface area (Å²) in [5.74, 6) is 0.593. The minimum atomic E-state index is -0.0478. The van der Waals surface area contributed by atoms with Crippen LogP contribution in [0.25, 0.3) is 6.08 Å². The molecule has 2 aromatic heterocycles. The monoisotopic (exact) mass is 367 g/mol. The number of hydrogen-bond acceptors (Lipinski definition) is 5. The molecule has 2 aliphatic heterocycles. The van der Waals surface area contributed by atoms with Gasteiger partial charge in [0.1, 0.15) is 12.0 Å². The molecule has 0 aromatic carbocycles. The Bertz CT molecular complexity index is 819. The smallest absolute Gasteiger partial charge is 0.270 e. The molecule has 1 aliphatic carbocycles. The Morgan fingerprint density at radius 1 is 1.52 bits per heavy atom. The van der Waals surface area contributed by atoms with E-state index in [1.54, 1.807) is 12.4 Å². The number of oxazole rings is 1. The third-order valence-corrected chi connectivity index (χ3v) is 6.03. The molecule has 3 unspecified atom stereocenters. The summed E-state index contributed by atoms with van der Waals surface area (Å²) >= 11 is 0. The first-order valence-corrected chi connectivity index (χ1v) is 9.35. The molecule has 7 heteroatoms. The molecule has 4 heterocycles. The summed E-state index contributed by atoms with van der Waals surface area (Å²) in [7, 11) is 0. The van der Waals surface area contributed by atoms with Gasteiger partial charge < -0.3 is 9.73 Å². The fourth-order valence-corrected chi connectivity index (χ4v) is 4.52. The lowest BCUT2D eigenvalue weighted by Crippen LogP contribution is -2.64. The molecular weight excluding hydrogens is 342 g/mol. The van der Waals surface area contributed by atoms with Crippen LogP contribution in [0.2, 0.25) is 0 Å². The largest absolute Gasteiger partial charge is 0.452 e. The van der Waals surface area contributed by atoms with Crippen molar-refractivity contribution in [1.29, 1.82) is 0 Å². The number of hydrogen-bond donors (Lipinski definition) is 2. The van der Waals surface area contributed by atoms with Gasteiger partial charge in [-0.1, -0.05) is 24.3 Å². The summed E-state index contributed by atoms with van der Waals surface area (Å²) in [6.45, 7) is 7.96. The van der Waals surface area contributed by atoms with Crippen molar-refractivity contribution < 1.29 is 9.21 Å². The van der Waals surface area contributed by atoms with Gasteiger partial charge in [-0.25, -0.2) is 4.98 Å². The van der Waals surface area contributed by atoms with Crippen LogP contribution < -0.4 is 5.32 Å². The molecule has 27 heavy (non-hydrogen) atoms. The van der Waals surface area contributed by atoms with Crippen LogP contribution in [-0.2, 0) is 0 Å². The molecule has 3 fully saturated rings. The van der Waals surface area contributed by atoms with E-state index in [-0.39, 0.29) is 11.9 Å². The predicted octanol–water partition coefficient (Wildman–Crippen LogP) is 2.64. The Kier molecular flexibility index (Phi) is 4.70. The molecule has 2 N–H and O–H groups in total. The molecule has 1 saturated carbocycles. The zero-order valence-electron chi connectivity index (χ0n) is 15.5. The number of carbonyl (C=O) groups excluding carboxylic acids is 1. The van der Waals surface area contributed by atoms with Crippen LogP contribution in [0.15, 0.2) is 47.7 Å². The third kappa shape index (κ3) is 3.23. The van der Waals surface area contributed by atoms with Crippen molar-refractivity contribution in [3.05, 3.63) is 54.5 Å². The van der Waals surface area contributed by atoms with Gasteiger partial charge in [-0.15, -0.1) is 0 Å². The fourth-order valence-electron chi connectivity index (χ4n) is 4.52. The van der Waals surface area contributed by atoms with Crippen LogP contribution in [0.5, 0.6) is 0 Å². The van der Waals surface area contributed by atoms with Gasteiger partial charge in [0.25, 0.3) is 5.91 Å². The van der Waals surface area contributed by atoms with Crippen molar-refractivity contribution in [3.8, 4) is 0 Å². The lowest BCUT2D eigenvalue weighted by molar-refractivity contribution is -0.0676. The van der Waals surface area contributed by atoms with E-state index >= 15 is 0 Å². The standard InChI is InChI=1S/C17H22N4O.C3H3NO/c1-11(2)3-4-12-9-18-20-15(12)16(22)19-14-10-21-8-7-17(21)6-5-13(14)17;1-2-5-3-4-1/h3-4,9,13-14H,1,5-8,10H2,2H3,(H,18,20)(H,19,22);1-3H/b4-3-;. The maximum absolute atomic E-state index is 12.6. The number of rotatable bonds is 4. The lowest BCUT2D eigenvalue weighted by Gasteiger charge is -2.58. The van der Waals surface area contributed by atoms with Crippen LogP contribution in [-0.4, -0.2) is 50.7 Å². The molecule has 1 amide bonds. The second-order valence-corrected chi connectivity index (χ2v) is 7.58. The number of H-pyrrole nitrogens is 1. The van der Waals surface area contributed by atoms with Gasteiger partial charge in [0.2, 0.25) is 0 Å². The Morgan fingerprint density at radius 3 is 2.93 bits per heavy atom. The van der Waals surface area contributed by atoms with E-state index in [0.717, 1.165) is 17.7 Å². The molecule has 3 aliphatic rings. The zero-order chi connectivity index (χ0) is 18.9. The maximum atomic E-state index is 12.6. The highest BCUT2D eigenvalue weighted by atomic mass is 16.3. The molecule has 7 nitrogen and oxygen atoms in total. The van der Waals surface area contributed by atoms with Crippen molar-refractivity contribution >= 4 is 12.0 Å². The number of allylic oxidation sites excluding steroid dienone is 2. The summed E-state index contributed by atoms with van der Waals surface area (Å²) in [5.41, 5.74) is 2.74. The van der Waals surface area contributed by atoms with Crippen LogP contribution in [0.1, 0.15) is 42.2 Å². The number of carbonyl (C=O) groups is 1. The maximum Gasteiger partial charge on any atom is 0.270 e. The topological polar surface area (TPSA) is 87.0 Å². The number of nitrogens with one attached hydrogen (secondary N) is 2. The van der Waals surface area contributed by atoms with Crippen molar-refractivity contribution in [2.24, 2.45) is 5.92 Å². The van der Waals surface area contributed by atoms with Gasteiger partial charge in [-0.05, 0) is 32.1 Å². The second-order valence-electron chi connectivity index (χ2n) is 7.58. The summed E-state index contributed by atoms with van der Waals surface area (Å²) in [5, 5.41) is 10.1. The van der Waals surface area contributed by atoms with Crippen molar-refractivity contribution in [3.63, 3.8) is 0 Å². The first-order valence-electron chi connectivity index (χ1n) is 9.35. The molecule has 0 radical (unpaired) electrons. The second kappa shape index (κ2) is 7.15. The van der Waals surface area contributed by atoms with E-state index < -0.39 is 0 Å². The molecule has 142 valence electrons. The molecule has 5 rings (SSSR count). The molecule has 0 bridgehead atoms. The number of aromatic amines is 1. The average Bonchev–Trinajstić information content (AvgIpc) is 3.31. The highest BCUT2D eigenvalue weighted by Gasteiger charge is 2.63. The molecular formula is C20H25N5O2. The minimum Gasteiger partial charge on any atom is -0.452 e. The van der Waals surface area contributed by atoms with Gasteiger partial charge in [0.15, 0.2) is 6.39 Å². The van der Waals surface area contributed by atoms with Gasteiger partial charge in [0.05, 0.1) is 12.4 Å². The Balaban J connectivity index is 0.000000314. The SMILES string of the molecule is C=C(C)/C=C\c1cn[nH]c1C(=O)NC1CN2CCC23CCC13.c1cocn1. The zero-order valence-corrected chi connectivity index (χ0v) is 15.5. The van der Waals surface area contributed by atoms with Gasteiger partial charge in [-0.3, -0.25) is 14.8 Å². The predicted molar refractivity (Wildman–Crippen MR) is 102 cm³/mol. The van der Waals surface area contributed by atoms with Crippen LogP contribution in [0.3, 0.4) is 0 Å². The van der Waals surface area contributed by atoms with Crippen molar-refractivity contribution in [1.82, 2.24) is 25.4 Å². The molecule has 3 atom stereocenters. The first-order chi connectivity index (χ1) is 13.1. The van der Waals surface area contributed by atoms with Gasteiger partial charge in [0, 0.05) is 30.2 Å². The average molecular weight is 367 g/mol.